The lowest BCUT2D eigenvalue weighted by molar-refractivity contribution is -0.142. The van der Waals surface area contributed by atoms with Crippen molar-refractivity contribution in [2.24, 2.45) is 28.1 Å². The van der Waals surface area contributed by atoms with Gasteiger partial charge in [-0.05, 0) is 30.7 Å². The molecule has 0 aliphatic carbocycles. The van der Waals surface area contributed by atoms with Gasteiger partial charge in [-0.15, -0.1) is 0 Å². The smallest absolute Gasteiger partial charge is 0.326 e. The lowest BCUT2D eigenvalue weighted by Crippen LogP contribution is -2.59. The third-order valence-electron chi connectivity index (χ3n) is 6.96. The van der Waals surface area contributed by atoms with Crippen molar-refractivity contribution >= 4 is 48.2 Å². The van der Waals surface area contributed by atoms with Gasteiger partial charge in [0.25, 0.3) is 0 Å². The summed E-state index contributed by atoms with van der Waals surface area (Å²) in [4.78, 5) is 75.5. The normalized spacial score (nSPS) is 14.1. The van der Waals surface area contributed by atoms with E-state index in [1.165, 1.54) is 6.33 Å². The molecule has 0 bridgehead atoms. The zero-order valence-electron chi connectivity index (χ0n) is 26.5. The number of aliphatic imine (C=N–C) groups is 1. The van der Waals surface area contributed by atoms with Crippen molar-refractivity contribution < 1.29 is 29.1 Å². The van der Waals surface area contributed by atoms with Crippen LogP contribution < -0.4 is 38.5 Å². The van der Waals surface area contributed by atoms with Crippen LogP contribution in [0.4, 0.5) is 0 Å². The van der Waals surface area contributed by atoms with Gasteiger partial charge < -0.3 is 48.6 Å². The molecule has 1 heterocycles. The number of aromatic nitrogens is 2. The molecule has 17 heteroatoms. The minimum Gasteiger partial charge on any atom is -0.480 e. The third kappa shape index (κ3) is 14.1. The van der Waals surface area contributed by atoms with E-state index in [1.807, 2.05) is 13.8 Å². The largest absolute Gasteiger partial charge is 0.480 e. The van der Waals surface area contributed by atoms with Crippen LogP contribution in [0.25, 0.3) is 0 Å². The minimum atomic E-state index is -1.27. The quantitative estimate of drug-likeness (QED) is 0.0339. The van der Waals surface area contributed by atoms with Crippen LogP contribution in [0.1, 0.15) is 44.4 Å². The number of benzene rings is 1. The Morgan fingerprint density at radius 1 is 0.894 bits per heavy atom. The number of carboxylic acid groups (broad SMARTS) is 1. The molecule has 0 saturated carbocycles. The van der Waals surface area contributed by atoms with Crippen LogP contribution in [0.3, 0.4) is 0 Å². The molecule has 0 unspecified atom stereocenters. The van der Waals surface area contributed by atoms with E-state index in [2.05, 4.69) is 48.9 Å². The highest BCUT2D eigenvalue weighted by Crippen LogP contribution is 2.09. The first-order valence-corrected chi connectivity index (χ1v) is 15.8. The lowest BCUT2D eigenvalue weighted by Gasteiger charge is -2.26. The standard InChI is InChI=1S/C30H46N10O6S/c1-17(2)11-22(38-25(41)20(31)13-19-14-34-16-36-19)26(42)40-24(15-47)28(44)39-23(12-18-7-4-3-5-8-18)27(43)37-21(29(45)46)9-6-10-35-30(32)33/h3-5,7-8,14,16-17,20-24,47H,6,9-13,15,31H2,1-2H3,(H,34,36)(H,37,43)(H,38,41)(H,39,44)(H,40,42)(H,45,46)(H4,32,33,35)/t20-,21-,22-,23-,24-/m0/s1. The molecule has 0 saturated heterocycles. The zero-order valence-corrected chi connectivity index (χ0v) is 27.4. The number of nitrogens with two attached hydrogens (primary N) is 3. The minimum absolute atomic E-state index is 0.00115. The summed E-state index contributed by atoms with van der Waals surface area (Å²) in [5.41, 5.74) is 18.0. The van der Waals surface area contributed by atoms with Gasteiger partial charge in [0, 0.05) is 37.0 Å². The Morgan fingerprint density at radius 3 is 2.06 bits per heavy atom. The summed E-state index contributed by atoms with van der Waals surface area (Å²) in [6.07, 6.45) is 3.79. The van der Waals surface area contributed by atoms with E-state index < -0.39 is 59.8 Å². The summed E-state index contributed by atoms with van der Waals surface area (Å²) in [5.74, 6) is -4.20. The number of hydrogen-bond donors (Lipinski definition) is 10. The number of thiol groups is 1. The maximum atomic E-state index is 13.4. The number of nitrogens with one attached hydrogen (secondary N) is 5. The Morgan fingerprint density at radius 2 is 1.49 bits per heavy atom. The van der Waals surface area contributed by atoms with Crippen molar-refractivity contribution in [2.75, 3.05) is 12.3 Å². The van der Waals surface area contributed by atoms with E-state index >= 15 is 0 Å². The van der Waals surface area contributed by atoms with Crippen LogP contribution in [-0.4, -0.2) is 93.1 Å². The van der Waals surface area contributed by atoms with Gasteiger partial charge in [0.05, 0.1) is 12.4 Å². The molecule has 2 rings (SSSR count). The maximum Gasteiger partial charge on any atom is 0.326 e. The third-order valence-corrected chi connectivity index (χ3v) is 7.33. The van der Waals surface area contributed by atoms with Gasteiger partial charge in [0.1, 0.15) is 24.2 Å². The van der Waals surface area contributed by atoms with Crippen LogP contribution in [0.15, 0.2) is 47.8 Å². The summed E-state index contributed by atoms with van der Waals surface area (Å²) >= 11 is 4.24. The molecule has 4 amide bonds. The van der Waals surface area contributed by atoms with Crippen molar-refractivity contribution in [1.82, 2.24) is 31.2 Å². The number of amides is 4. The van der Waals surface area contributed by atoms with E-state index in [0.717, 1.165) is 0 Å². The monoisotopic (exact) mass is 674 g/mol. The molecule has 2 aromatic rings. The molecule has 12 N–H and O–H groups in total. The average molecular weight is 675 g/mol. The lowest BCUT2D eigenvalue weighted by atomic mass is 10.0. The summed E-state index contributed by atoms with van der Waals surface area (Å²) in [7, 11) is 0. The summed E-state index contributed by atoms with van der Waals surface area (Å²) in [6, 6.07) is 3.18. The number of imidazole rings is 1. The predicted octanol–water partition coefficient (Wildman–Crippen LogP) is -1.42. The van der Waals surface area contributed by atoms with Crippen molar-refractivity contribution in [1.29, 1.82) is 0 Å². The maximum absolute atomic E-state index is 13.4. The number of nitrogens with zero attached hydrogens (tertiary/aromatic N) is 2. The fourth-order valence-electron chi connectivity index (χ4n) is 4.54. The van der Waals surface area contributed by atoms with E-state index in [9.17, 15) is 29.1 Å². The van der Waals surface area contributed by atoms with Crippen LogP contribution in [-0.2, 0) is 36.8 Å². The van der Waals surface area contributed by atoms with Crippen LogP contribution >= 0.6 is 12.6 Å². The van der Waals surface area contributed by atoms with Crippen LogP contribution in [0.5, 0.6) is 0 Å². The van der Waals surface area contributed by atoms with E-state index in [0.29, 0.717) is 11.3 Å². The molecular weight excluding hydrogens is 628 g/mol. The van der Waals surface area contributed by atoms with Gasteiger partial charge in [-0.25, -0.2) is 9.78 Å². The SMILES string of the molecule is CC(C)C[C@H](NC(=O)[C@@H](N)Cc1cnc[nH]1)C(=O)N[C@@H](CS)C(=O)N[C@@H](Cc1ccccc1)C(=O)N[C@@H](CCCN=C(N)N)C(=O)O. The fourth-order valence-corrected chi connectivity index (χ4v) is 4.80. The number of aliphatic carboxylic acids is 1. The Bertz CT molecular complexity index is 1340. The van der Waals surface area contributed by atoms with Gasteiger partial charge in [0.15, 0.2) is 5.96 Å². The molecule has 1 aromatic carbocycles. The molecular formula is C30H46N10O6S. The molecule has 5 atom stereocenters. The number of carbonyl (C=O) groups is 5. The molecule has 0 fully saturated rings. The molecule has 0 radical (unpaired) electrons. The second-order valence-electron chi connectivity index (χ2n) is 11.4. The van der Waals surface area contributed by atoms with E-state index in [-0.39, 0.29) is 56.3 Å². The van der Waals surface area contributed by atoms with Crippen molar-refractivity contribution in [3.05, 3.63) is 54.1 Å². The molecule has 0 spiro atoms. The molecule has 16 nitrogen and oxygen atoms in total. The Labute approximate surface area is 278 Å². The van der Waals surface area contributed by atoms with Crippen molar-refractivity contribution in [2.45, 2.75) is 76.2 Å². The molecule has 0 aliphatic rings. The highest BCUT2D eigenvalue weighted by Gasteiger charge is 2.32. The molecule has 0 aliphatic heterocycles. The Balaban J connectivity index is 2.16. The highest BCUT2D eigenvalue weighted by atomic mass is 32.1. The zero-order chi connectivity index (χ0) is 34.9. The number of H-pyrrole nitrogens is 1. The molecule has 258 valence electrons. The fraction of sp³-hybridized carbons (Fsp3) is 0.500. The predicted molar refractivity (Wildman–Crippen MR) is 179 cm³/mol. The summed E-state index contributed by atoms with van der Waals surface area (Å²) < 4.78 is 0. The Hall–Kier alpha value is -4.64. The number of guanidine groups is 1. The van der Waals surface area contributed by atoms with E-state index in [4.69, 9.17) is 17.2 Å². The van der Waals surface area contributed by atoms with Gasteiger partial charge in [-0.1, -0.05) is 44.2 Å². The number of hydrogen-bond acceptors (Lipinski definition) is 9. The van der Waals surface area contributed by atoms with Crippen LogP contribution in [0, 0.1) is 5.92 Å². The summed E-state index contributed by atoms with van der Waals surface area (Å²) in [6.45, 7) is 3.92. The number of carbonyl (C=O) groups excluding carboxylic acids is 4. The number of aromatic amines is 1. The van der Waals surface area contributed by atoms with Gasteiger partial charge in [-0.2, -0.15) is 12.6 Å². The topological polar surface area (TPSA) is 273 Å². The first-order valence-electron chi connectivity index (χ1n) is 15.2. The van der Waals surface area contributed by atoms with Crippen molar-refractivity contribution in [3.63, 3.8) is 0 Å². The summed E-state index contributed by atoms with van der Waals surface area (Å²) in [5, 5.41) is 20.1. The second kappa shape index (κ2) is 19.8. The second-order valence-corrected chi connectivity index (χ2v) is 11.8. The average Bonchev–Trinajstić information content (AvgIpc) is 3.53. The number of rotatable bonds is 20. The molecule has 1 aromatic heterocycles. The van der Waals surface area contributed by atoms with E-state index in [1.54, 1.807) is 36.5 Å². The van der Waals surface area contributed by atoms with Crippen LogP contribution in [0.2, 0.25) is 0 Å². The first-order chi connectivity index (χ1) is 22.3. The van der Waals surface area contributed by atoms with Gasteiger partial charge >= 0.3 is 5.97 Å². The highest BCUT2D eigenvalue weighted by molar-refractivity contribution is 7.80. The first kappa shape index (κ1) is 38.5. The molecule has 47 heavy (non-hydrogen) atoms. The Kier molecular flexibility index (Phi) is 16.2. The van der Waals surface area contributed by atoms with Gasteiger partial charge in [0.2, 0.25) is 23.6 Å². The van der Waals surface area contributed by atoms with Gasteiger partial charge in [-0.3, -0.25) is 24.2 Å². The number of carboxylic acids is 1. The van der Waals surface area contributed by atoms with Crippen molar-refractivity contribution in [3.8, 4) is 0 Å².